The number of aliphatic hydroxyl groups is 1. The SMILES string of the molecule is CN(C)[C@]1(c2ccccc2)CC[C@@]2(CC1)CN(CC(C)(C)N1CCCC1=O)C(=O)N2CC1(O)CCC1. The Morgan fingerprint density at radius 1 is 0.972 bits per heavy atom. The third kappa shape index (κ3) is 4.22. The third-order valence-corrected chi connectivity index (χ3v) is 9.85. The molecule has 1 aromatic carbocycles. The second-order valence-electron chi connectivity index (χ2n) is 12.8. The summed E-state index contributed by atoms with van der Waals surface area (Å²) >= 11 is 0. The van der Waals surface area contributed by atoms with E-state index >= 15 is 0 Å². The Bertz CT molecular complexity index is 979. The number of nitrogens with zero attached hydrogens (tertiary/aromatic N) is 4. The first kappa shape index (κ1) is 25.5. The molecular weight excluding hydrogens is 452 g/mol. The van der Waals surface area contributed by atoms with Gasteiger partial charge in [-0.2, -0.15) is 0 Å². The second kappa shape index (κ2) is 9.02. The van der Waals surface area contributed by atoms with Crippen LogP contribution in [0.15, 0.2) is 30.3 Å². The topological polar surface area (TPSA) is 67.3 Å². The van der Waals surface area contributed by atoms with Gasteiger partial charge >= 0.3 is 6.03 Å². The first-order valence-corrected chi connectivity index (χ1v) is 13.8. The summed E-state index contributed by atoms with van der Waals surface area (Å²) in [6.07, 6.45) is 7.80. The van der Waals surface area contributed by atoms with Crippen LogP contribution in [0.3, 0.4) is 0 Å². The van der Waals surface area contributed by atoms with E-state index in [2.05, 4.69) is 63.2 Å². The predicted molar refractivity (Wildman–Crippen MR) is 141 cm³/mol. The van der Waals surface area contributed by atoms with Gasteiger partial charge in [-0.15, -0.1) is 0 Å². The van der Waals surface area contributed by atoms with E-state index in [-0.39, 0.29) is 23.0 Å². The summed E-state index contributed by atoms with van der Waals surface area (Å²) in [5, 5.41) is 11.1. The highest BCUT2D eigenvalue weighted by molar-refractivity contribution is 5.80. The van der Waals surface area contributed by atoms with Crippen LogP contribution in [0.5, 0.6) is 0 Å². The number of hydrogen-bond acceptors (Lipinski definition) is 4. The van der Waals surface area contributed by atoms with Gasteiger partial charge < -0.3 is 19.8 Å². The molecule has 2 aliphatic heterocycles. The minimum atomic E-state index is -0.755. The fourth-order valence-corrected chi connectivity index (χ4v) is 7.42. The quantitative estimate of drug-likeness (QED) is 0.623. The molecule has 1 aromatic rings. The van der Waals surface area contributed by atoms with Crippen molar-refractivity contribution in [3.63, 3.8) is 0 Å². The number of likely N-dealkylation sites (tertiary alicyclic amines) is 1. The van der Waals surface area contributed by atoms with Gasteiger partial charge in [0.15, 0.2) is 0 Å². The monoisotopic (exact) mass is 496 g/mol. The Morgan fingerprint density at radius 2 is 1.64 bits per heavy atom. The molecule has 0 unspecified atom stereocenters. The molecule has 198 valence electrons. The van der Waals surface area contributed by atoms with Gasteiger partial charge in [0.25, 0.3) is 0 Å². The van der Waals surface area contributed by atoms with Crippen molar-refractivity contribution in [1.82, 2.24) is 19.6 Å². The van der Waals surface area contributed by atoms with Crippen LogP contribution in [0.2, 0.25) is 0 Å². The molecule has 2 heterocycles. The van der Waals surface area contributed by atoms with E-state index in [1.165, 1.54) is 5.56 Å². The summed E-state index contributed by atoms with van der Waals surface area (Å²) in [6.45, 7) is 6.57. The van der Waals surface area contributed by atoms with E-state index in [9.17, 15) is 14.7 Å². The van der Waals surface area contributed by atoms with Gasteiger partial charge in [-0.1, -0.05) is 30.3 Å². The average molecular weight is 497 g/mol. The molecule has 2 aliphatic carbocycles. The van der Waals surface area contributed by atoms with Crippen molar-refractivity contribution in [2.24, 2.45) is 0 Å². The van der Waals surface area contributed by atoms with Crippen molar-refractivity contribution in [1.29, 1.82) is 0 Å². The Kier molecular flexibility index (Phi) is 6.39. The zero-order valence-corrected chi connectivity index (χ0v) is 22.6. The first-order chi connectivity index (χ1) is 17.0. The summed E-state index contributed by atoms with van der Waals surface area (Å²) in [6, 6.07) is 10.8. The number of carbonyl (C=O) groups excluding carboxylic acids is 2. The van der Waals surface area contributed by atoms with Crippen LogP contribution < -0.4 is 0 Å². The molecular formula is C29H44N4O3. The summed E-state index contributed by atoms with van der Waals surface area (Å²) in [5.74, 6) is 0.193. The summed E-state index contributed by atoms with van der Waals surface area (Å²) in [4.78, 5) is 34.8. The van der Waals surface area contributed by atoms with E-state index in [0.29, 0.717) is 26.1 Å². The minimum Gasteiger partial charge on any atom is -0.388 e. The number of hydrogen-bond donors (Lipinski definition) is 1. The maximum absolute atomic E-state index is 14.0. The van der Waals surface area contributed by atoms with Crippen LogP contribution in [0, 0.1) is 0 Å². The van der Waals surface area contributed by atoms with E-state index < -0.39 is 11.1 Å². The molecule has 0 atom stereocenters. The van der Waals surface area contributed by atoms with Crippen LogP contribution >= 0.6 is 0 Å². The lowest BCUT2D eigenvalue weighted by Gasteiger charge is -2.52. The number of amides is 3. The molecule has 4 aliphatic rings. The van der Waals surface area contributed by atoms with Gasteiger partial charge in [-0.3, -0.25) is 9.69 Å². The van der Waals surface area contributed by atoms with Crippen LogP contribution in [0.1, 0.15) is 77.2 Å². The molecule has 0 bridgehead atoms. The number of carbonyl (C=O) groups is 2. The second-order valence-corrected chi connectivity index (χ2v) is 12.8. The molecule has 5 rings (SSSR count). The lowest BCUT2D eigenvalue weighted by molar-refractivity contribution is -0.132. The lowest BCUT2D eigenvalue weighted by atomic mass is 9.67. The smallest absolute Gasteiger partial charge is 0.320 e. The van der Waals surface area contributed by atoms with E-state index in [0.717, 1.165) is 57.9 Å². The molecule has 0 aromatic heterocycles. The van der Waals surface area contributed by atoms with Crippen molar-refractivity contribution in [3.8, 4) is 0 Å². The molecule has 0 radical (unpaired) electrons. The maximum atomic E-state index is 14.0. The Morgan fingerprint density at radius 3 is 2.17 bits per heavy atom. The van der Waals surface area contributed by atoms with Crippen molar-refractivity contribution in [2.75, 3.05) is 40.3 Å². The molecule has 2 saturated carbocycles. The van der Waals surface area contributed by atoms with Gasteiger partial charge in [0, 0.05) is 31.6 Å². The fourth-order valence-electron chi connectivity index (χ4n) is 7.42. The minimum absolute atomic E-state index is 0.0344. The molecule has 3 amide bonds. The molecule has 1 spiro atoms. The lowest BCUT2D eigenvalue weighted by Crippen LogP contribution is -2.59. The summed E-state index contributed by atoms with van der Waals surface area (Å²) in [5.41, 5.74) is -0.150. The Hall–Kier alpha value is -2.12. The van der Waals surface area contributed by atoms with Crippen molar-refractivity contribution in [2.45, 2.75) is 93.9 Å². The van der Waals surface area contributed by atoms with E-state index in [1.54, 1.807) is 0 Å². The largest absolute Gasteiger partial charge is 0.388 e. The molecule has 36 heavy (non-hydrogen) atoms. The van der Waals surface area contributed by atoms with E-state index in [4.69, 9.17) is 0 Å². The summed E-state index contributed by atoms with van der Waals surface area (Å²) < 4.78 is 0. The zero-order valence-electron chi connectivity index (χ0n) is 22.6. The number of rotatable bonds is 7. The maximum Gasteiger partial charge on any atom is 0.320 e. The Balaban J connectivity index is 1.41. The highest BCUT2D eigenvalue weighted by Crippen LogP contribution is 2.50. The van der Waals surface area contributed by atoms with Gasteiger partial charge in [0.05, 0.1) is 23.2 Å². The average Bonchev–Trinajstić information content (AvgIpc) is 3.37. The zero-order chi connectivity index (χ0) is 25.8. The van der Waals surface area contributed by atoms with Crippen LogP contribution in [-0.4, -0.2) is 93.6 Å². The van der Waals surface area contributed by atoms with Crippen molar-refractivity contribution in [3.05, 3.63) is 35.9 Å². The number of benzene rings is 1. The molecule has 4 fully saturated rings. The van der Waals surface area contributed by atoms with Crippen LogP contribution in [0.4, 0.5) is 4.79 Å². The normalized spacial score (nSPS) is 30.6. The van der Waals surface area contributed by atoms with Gasteiger partial charge in [-0.05, 0) is 84.9 Å². The first-order valence-electron chi connectivity index (χ1n) is 13.8. The predicted octanol–water partition coefficient (Wildman–Crippen LogP) is 3.81. The third-order valence-electron chi connectivity index (χ3n) is 9.85. The molecule has 7 nitrogen and oxygen atoms in total. The van der Waals surface area contributed by atoms with Crippen molar-refractivity contribution < 1.29 is 14.7 Å². The fraction of sp³-hybridized carbons (Fsp3) is 0.724. The van der Waals surface area contributed by atoms with Crippen LogP contribution in [-0.2, 0) is 10.3 Å². The van der Waals surface area contributed by atoms with Gasteiger partial charge in [0.2, 0.25) is 5.91 Å². The highest BCUT2D eigenvalue weighted by atomic mass is 16.3. The number of β-amino-alcohol motifs (C(OH)–C–C–N with tert-alkyl or cyclic N) is 1. The highest BCUT2D eigenvalue weighted by Gasteiger charge is 2.57. The van der Waals surface area contributed by atoms with Crippen LogP contribution in [0.25, 0.3) is 0 Å². The van der Waals surface area contributed by atoms with Gasteiger partial charge in [0.1, 0.15) is 0 Å². The molecule has 2 saturated heterocycles. The molecule has 7 heteroatoms. The Labute approximate surface area is 216 Å². The van der Waals surface area contributed by atoms with Crippen molar-refractivity contribution >= 4 is 11.9 Å². The van der Waals surface area contributed by atoms with E-state index in [1.807, 2.05) is 14.7 Å². The number of urea groups is 1. The standard InChI is InChI=1S/C29H44N4O3/c1-26(2,32-19-8-12-24(32)34)20-31-21-27(33(25(31)35)22-28(36)13-9-14-28)15-17-29(18-16-27,30(3)4)23-10-6-5-7-11-23/h5-7,10-11,36H,8-9,12-22H2,1-4H3/t27-,29-. The van der Waals surface area contributed by atoms with Gasteiger partial charge in [-0.25, -0.2) is 4.79 Å². The summed E-state index contributed by atoms with van der Waals surface area (Å²) in [7, 11) is 4.34. The molecule has 1 N–H and O–H groups in total.